The second-order valence-corrected chi connectivity index (χ2v) is 6.10. The van der Waals surface area contributed by atoms with Gasteiger partial charge in [0, 0.05) is 38.6 Å². The first kappa shape index (κ1) is 14.3. The predicted molar refractivity (Wildman–Crippen MR) is 84.7 cm³/mol. The van der Waals surface area contributed by atoms with Crippen LogP contribution in [0.3, 0.4) is 0 Å². The first-order chi connectivity index (χ1) is 10.2. The van der Waals surface area contributed by atoms with Crippen LogP contribution >= 0.6 is 0 Å². The standard InChI is InChI=1S/C17H24N4/c1-20(13-17-18-9-10-21(17)2)12-15-5-3-14(4-6-15)11-19-16-7-8-16/h3-6,9-10,16,19H,7-8,11-13H2,1-2H3. The van der Waals surface area contributed by atoms with Gasteiger partial charge in [-0.1, -0.05) is 24.3 Å². The summed E-state index contributed by atoms with van der Waals surface area (Å²) in [6.45, 7) is 2.81. The van der Waals surface area contributed by atoms with E-state index in [2.05, 4.69) is 51.1 Å². The average Bonchev–Trinajstić information content (AvgIpc) is 3.22. The number of rotatable bonds is 7. The Morgan fingerprint density at radius 1 is 1.19 bits per heavy atom. The van der Waals surface area contributed by atoms with Crippen LogP contribution in [0, 0.1) is 0 Å². The summed E-state index contributed by atoms with van der Waals surface area (Å²) in [5.41, 5.74) is 2.72. The number of nitrogens with zero attached hydrogens (tertiary/aromatic N) is 3. The summed E-state index contributed by atoms with van der Waals surface area (Å²) in [7, 11) is 4.18. The van der Waals surface area contributed by atoms with Crippen molar-refractivity contribution in [3.8, 4) is 0 Å². The maximum atomic E-state index is 4.37. The topological polar surface area (TPSA) is 33.1 Å². The second kappa shape index (κ2) is 6.41. The SMILES string of the molecule is CN(Cc1ccc(CNC2CC2)cc1)Cc1nccn1C. The molecule has 0 amide bonds. The number of hydrogen-bond acceptors (Lipinski definition) is 3. The van der Waals surface area contributed by atoms with Gasteiger partial charge >= 0.3 is 0 Å². The molecular formula is C17H24N4. The highest BCUT2D eigenvalue weighted by Gasteiger charge is 2.19. The van der Waals surface area contributed by atoms with Crippen molar-refractivity contribution in [1.29, 1.82) is 0 Å². The zero-order valence-electron chi connectivity index (χ0n) is 12.9. The van der Waals surface area contributed by atoms with Crippen LogP contribution < -0.4 is 5.32 Å². The Hall–Kier alpha value is -1.65. The van der Waals surface area contributed by atoms with Gasteiger partial charge in [-0.2, -0.15) is 0 Å². The third kappa shape index (κ3) is 4.16. The molecule has 2 aromatic rings. The zero-order chi connectivity index (χ0) is 14.7. The van der Waals surface area contributed by atoms with Crippen molar-refractivity contribution in [3.05, 3.63) is 53.6 Å². The Morgan fingerprint density at radius 2 is 1.90 bits per heavy atom. The van der Waals surface area contributed by atoms with E-state index in [1.165, 1.54) is 24.0 Å². The zero-order valence-corrected chi connectivity index (χ0v) is 12.9. The molecule has 0 unspecified atom stereocenters. The molecule has 112 valence electrons. The Labute approximate surface area is 126 Å². The summed E-state index contributed by atoms with van der Waals surface area (Å²) < 4.78 is 2.07. The smallest absolute Gasteiger partial charge is 0.122 e. The minimum absolute atomic E-state index is 0.772. The number of aryl methyl sites for hydroxylation is 1. The summed E-state index contributed by atoms with van der Waals surface area (Å²) >= 11 is 0. The highest BCUT2D eigenvalue weighted by molar-refractivity contribution is 5.22. The maximum absolute atomic E-state index is 4.37. The van der Waals surface area contributed by atoms with Gasteiger partial charge in [0.25, 0.3) is 0 Å². The predicted octanol–water partition coefficient (Wildman–Crippen LogP) is 2.30. The van der Waals surface area contributed by atoms with E-state index in [1.807, 2.05) is 19.4 Å². The molecule has 1 aromatic carbocycles. The lowest BCUT2D eigenvalue weighted by molar-refractivity contribution is 0.307. The molecule has 1 fully saturated rings. The second-order valence-electron chi connectivity index (χ2n) is 6.10. The highest BCUT2D eigenvalue weighted by atomic mass is 15.1. The van der Waals surface area contributed by atoms with Crippen molar-refractivity contribution in [1.82, 2.24) is 19.8 Å². The first-order valence-corrected chi connectivity index (χ1v) is 7.66. The normalized spacial score (nSPS) is 14.8. The van der Waals surface area contributed by atoms with E-state index in [9.17, 15) is 0 Å². The fourth-order valence-electron chi connectivity index (χ4n) is 2.47. The van der Waals surface area contributed by atoms with Crippen LogP contribution in [0.15, 0.2) is 36.7 Å². The summed E-state index contributed by atoms with van der Waals surface area (Å²) in [4.78, 5) is 6.66. The third-order valence-corrected chi connectivity index (χ3v) is 3.98. The minimum Gasteiger partial charge on any atom is -0.337 e. The fourth-order valence-corrected chi connectivity index (χ4v) is 2.47. The molecular weight excluding hydrogens is 260 g/mol. The van der Waals surface area contributed by atoms with Gasteiger partial charge in [-0.3, -0.25) is 4.90 Å². The summed E-state index contributed by atoms with van der Waals surface area (Å²) in [5, 5.41) is 3.55. The van der Waals surface area contributed by atoms with Crippen molar-refractivity contribution >= 4 is 0 Å². The number of imidazole rings is 1. The Kier molecular flexibility index (Phi) is 4.36. The van der Waals surface area contributed by atoms with E-state index < -0.39 is 0 Å². The number of benzene rings is 1. The molecule has 1 heterocycles. The molecule has 0 bridgehead atoms. The van der Waals surface area contributed by atoms with Gasteiger partial charge in [0.15, 0.2) is 0 Å². The minimum atomic E-state index is 0.772. The van der Waals surface area contributed by atoms with E-state index in [0.717, 1.165) is 31.5 Å². The number of aromatic nitrogens is 2. The van der Waals surface area contributed by atoms with Crippen LogP contribution in [0.2, 0.25) is 0 Å². The summed E-state index contributed by atoms with van der Waals surface area (Å²) in [6, 6.07) is 9.71. The molecule has 0 radical (unpaired) electrons. The van der Waals surface area contributed by atoms with Gasteiger partial charge in [0.05, 0.1) is 6.54 Å². The van der Waals surface area contributed by atoms with Crippen LogP contribution in [0.5, 0.6) is 0 Å². The van der Waals surface area contributed by atoms with E-state index in [4.69, 9.17) is 0 Å². The largest absolute Gasteiger partial charge is 0.337 e. The molecule has 0 aliphatic heterocycles. The third-order valence-electron chi connectivity index (χ3n) is 3.98. The molecule has 1 N–H and O–H groups in total. The van der Waals surface area contributed by atoms with Crippen molar-refractivity contribution in [2.45, 2.75) is 38.5 Å². The quantitative estimate of drug-likeness (QED) is 0.847. The first-order valence-electron chi connectivity index (χ1n) is 7.66. The van der Waals surface area contributed by atoms with Gasteiger partial charge in [-0.15, -0.1) is 0 Å². The maximum Gasteiger partial charge on any atom is 0.122 e. The molecule has 4 heteroatoms. The molecule has 3 rings (SSSR count). The van der Waals surface area contributed by atoms with Gasteiger partial charge < -0.3 is 9.88 Å². The van der Waals surface area contributed by atoms with Gasteiger partial charge in [0.1, 0.15) is 5.82 Å². The molecule has 1 saturated carbocycles. The highest BCUT2D eigenvalue weighted by Crippen LogP contribution is 2.19. The van der Waals surface area contributed by atoms with Crippen LogP contribution in [0.25, 0.3) is 0 Å². The van der Waals surface area contributed by atoms with Crippen LogP contribution in [0.4, 0.5) is 0 Å². The van der Waals surface area contributed by atoms with Crippen LogP contribution in [-0.2, 0) is 26.7 Å². The summed E-state index contributed by atoms with van der Waals surface area (Å²) in [6.07, 6.45) is 6.53. The molecule has 21 heavy (non-hydrogen) atoms. The van der Waals surface area contributed by atoms with Crippen molar-refractivity contribution in [2.75, 3.05) is 7.05 Å². The molecule has 0 atom stereocenters. The molecule has 0 saturated heterocycles. The average molecular weight is 284 g/mol. The molecule has 1 aliphatic rings. The molecule has 1 aromatic heterocycles. The van der Waals surface area contributed by atoms with E-state index in [0.29, 0.717) is 0 Å². The van der Waals surface area contributed by atoms with Crippen molar-refractivity contribution < 1.29 is 0 Å². The molecule has 1 aliphatic carbocycles. The Balaban J connectivity index is 1.50. The molecule has 0 spiro atoms. The van der Waals surface area contributed by atoms with Crippen molar-refractivity contribution in [3.63, 3.8) is 0 Å². The molecule has 4 nitrogen and oxygen atoms in total. The fraction of sp³-hybridized carbons (Fsp3) is 0.471. The van der Waals surface area contributed by atoms with Gasteiger partial charge in [-0.05, 0) is 31.0 Å². The number of hydrogen-bond donors (Lipinski definition) is 1. The Morgan fingerprint density at radius 3 is 2.52 bits per heavy atom. The monoisotopic (exact) mass is 284 g/mol. The van der Waals surface area contributed by atoms with E-state index in [1.54, 1.807) is 0 Å². The van der Waals surface area contributed by atoms with Gasteiger partial charge in [0.2, 0.25) is 0 Å². The lowest BCUT2D eigenvalue weighted by Gasteiger charge is -2.16. The van der Waals surface area contributed by atoms with Crippen molar-refractivity contribution in [2.24, 2.45) is 7.05 Å². The van der Waals surface area contributed by atoms with E-state index in [-0.39, 0.29) is 0 Å². The lowest BCUT2D eigenvalue weighted by atomic mass is 10.1. The van der Waals surface area contributed by atoms with E-state index >= 15 is 0 Å². The lowest BCUT2D eigenvalue weighted by Crippen LogP contribution is -2.19. The van der Waals surface area contributed by atoms with Crippen LogP contribution in [-0.4, -0.2) is 27.5 Å². The van der Waals surface area contributed by atoms with Crippen LogP contribution in [0.1, 0.15) is 29.8 Å². The van der Waals surface area contributed by atoms with Gasteiger partial charge in [-0.25, -0.2) is 4.98 Å². The number of nitrogens with one attached hydrogen (secondary N) is 1. The summed E-state index contributed by atoms with van der Waals surface area (Å²) in [5.74, 6) is 1.10. The Bertz CT molecular complexity index is 569.